The van der Waals surface area contributed by atoms with E-state index in [1.165, 1.54) is 23.5 Å². The van der Waals surface area contributed by atoms with Crippen LogP contribution in [-0.2, 0) is 4.74 Å². The second-order valence-corrected chi connectivity index (χ2v) is 6.56. The highest BCUT2D eigenvalue weighted by molar-refractivity contribution is 6.01. The minimum Gasteiger partial charge on any atom is -0.465 e. The number of esters is 1. The number of anilines is 2. The lowest BCUT2D eigenvalue weighted by Gasteiger charge is -2.19. The van der Waals surface area contributed by atoms with Gasteiger partial charge in [0.2, 0.25) is 0 Å². The SMILES string of the molecule is COC(=O)c1cc(-c2ccc(-n3c(C)ccc3C)cc2)cc(N)c1N(C)N. The number of nitrogen functional groups attached to an aromatic ring is 1. The summed E-state index contributed by atoms with van der Waals surface area (Å²) in [6.07, 6.45) is 0. The Morgan fingerprint density at radius 1 is 1.00 bits per heavy atom. The monoisotopic (exact) mass is 364 g/mol. The van der Waals surface area contributed by atoms with E-state index in [9.17, 15) is 4.79 Å². The zero-order chi connectivity index (χ0) is 19.7. The Morgan fingerprint density at radius 3 is 2.11 bits per heavy atom. The van der Waals surface area contributed by atoms with Crippen molar-refractivity contribution in [3.8, 4) is 16.8 Å². The van der Waals surface area contributed by atoms with Gasteiger partial charge in [0.1, 0.15) is 0 Å². The van der Waals surface area contributed by atoms with E-state index in [0.29, 0.717) is 16.9 Å². The average Bonchev–Trinajstić information content (AvgIpc) is 2.98. The van der Waals surface area contributed by atoms with E-state index in [4.69, 9.17) is 16.3 Å². The number of ether oxygens (including phenoxy) is 1. The molecule has 0 atom stereocenters. The molecule has 2 aromatic carbocycles. The summed E-state index contributed by atoms with van der Waals surface area (Å²) in [5.74, 6) is 5.36. The van der Waals surface area contributed by atoms with E-state index in [1.807, 2.05) is 30.3 Å². The molecule has 0 fully saturated rings. The van der Waals surface area contributed by atoms with Crippen molar-refractivity contribution in [2.75, 3.05) is 24.9 Å². The molecule has 0 amide bonds. The Bertz CT molecular complexity index is 969. The number of hydrogen-bond donors (Lipinski definition) is 2. The molecule has 0 aliphatic carbocycles. The summed E-state index contributed by atoms with van der Waals surface area (Å²) in [5.41, 5.74) is 12.6. The van der Waals surface area contributed by atoms with Crippen LogP contribution >= 0.6 is 0 Å². The quantitative estimate of drug-likeness (QED) is 0.320. The van der Waals surface area contributed by atoms with E-state index in [2.05, 4.69) is 30.5 Å². The predicted molar refractivity (Wildman–Crippen MR) is 109 cm³/mol. The molecule has 0 aliphatic heterocycles. The lowest BCUT2D eigenvalue weighted by molar-refractivity contribution is 0.0601. The molecule has 3 rings (SSSR count). The van der Waals surface area contributed by atoms with Crippen LogP contribution in [0.15, 0.2) is 48.5 Å². The molecule has 1 heterocycles. The van der Waals surface area contributed by atoms with Gasteiger partial charge in [0.05, 0.1) is 24.0 Å². The van der Waals surface area contributed by atoms with E-state index in [0.717, 1.165) is 16.8 Å². The number of nitrogens with two attached hydrogens (primary N) is 2. The highest BCUT2D eigenvalue weighted by Gasteiger charge is 2.19. The van der Waals surface area contributed by atoms with Crippen molar-refractivity contribution >= 4 is 17.3 Å². The number of aromatic nitrogens is 1. The lowest BCUT2D eigenvalue weighted by Crippen LogP contribution is -2.28. The largest absolute Gasteiger partial charge is 0.465 e. The number of carbonyl (C=O) groups excluding carboxylic acids is 1. The molecule has 27 heavy (non-hydrogen) atoms. The molecule has 3 aromatic rings. The first-order chi connectivity index (χ1) is 12.8. The molecule has 0 radical (unpaired) electrons. The van der Waals surface area contributed by atoms with Gasteiger partial charge in [0.25, 0.3) is 0 Å². The fourth-order valence-corrected chi connectivity index (χ4v) is 3.36. The van der Waals surface area contributed by atoms with Crippen molar-refractivity contribution < 1.29 is 9.53 Å². The molecule has 0 unspecified atom stereocenters. The van der Waals surface area contributed by atoms with Crippen molar-refractivity contribution in [1.82, 2.24) is 4.57 Å². The van der Waals surface area contributed by atoms with Crippen molar-refractivity contribution in [3.63, 3.8) is 0 Å². The van der Waals surface area contributed by atoms with Crippen LogP contribution in [0.5, 0.6) is 0 Å². The zero-order valence-electron chi connectivity index (χ0n) is 16.0. The fraction of sp³-hybridized carbons (Fsp3) is 0.190. The van der Waals surface area contributed by atoms with Gasteiger partial charge >= 0.3 is 5.97 Å². The molecule has 6 nitrogen and oxygen atoms in total. The van der Waals surface area contributed by atoms with Crippen LogP contribution in [0.3, 0.4) is 0 Å². The number of hydrogen-bond acceptors (Lipinski definition) is 5. The Kier molecular flexibility index (Phi) is 4.92. The first-order valence-electron chi connectivity index (χ1n) is 8.59. The highest BCUT2D eigenvalue weighted by Crippen LogP contribution is 2.33. The van der Waals surface area contributed by atoms with Gasteiger partial charge in [0, 0.05) is 24.1 Å². The minimum atomic E-state index is -0.480. The molecular weight excluding hydrogens is 340 g/mol. The van der Waals surface area contributed by atoms with Gasteiger partial charge in [-0.2, -0.15) is 0 Å². The average molecular weight is 364 g/mol. The Hall–Kier alpha value is -3.25. The van der Waals surface area contributed by atoms with Crippen LogP contribution in [0.25, 0.3) is 16.8 Å². The Labute approximate surface area is 158 Å². The third kappa shape index (κ3) is 3.39. The lowest BCUT2D eigenvalue weighted by atomic mass is 10.00. The number of benzene rings is 2. The third-order valence-electron chi connectivity index (χ3n) is 4.63. The van der Waals surface area contributed by atoms with E-state index < -0.39 is 5.97 Å². The van der Waals surface area contributed by atoms with Crippen LogP contribution in [0.4, 0.5) is 11.4 Å². The first kappa shape index (κ1) is 18.5. The highest BCUT2D eigenvalue weighted by atomic mass is 16.5. The summed E-state index contributed by atoms with van der Waals surface area (Å²) in [6.45, 7) is 4.15. The predicted octanol–water partition coefficient (Wildman–Crippen LogP) is 3.44. The van der Waals surface area contributed by atoms with Crippen LogP contribution in [0.1, 0.15) is 21.7 Å². The maximum Gasteiger partial charge on any atom is 0.340 e. The molecule has 1 aromatic heterocycles. The summed E-state index contributed by atoms with van der Waals surface area (Å²) in [6, 6.07) is 15.9. The number of hydrazine groups is 1. The molecule has 0 spiro atoms. The smallest absolute Gasteiger partial charge is 0.340 e. The number of rotatable bonds is 4. The van der Waals surface area contributed by atoms with Gasteiger partial charge in [-0.25, -0.2) is 10.6 Å². The number of aryl methyl sites for hydroxylation is 2. The van der Waals surface area contributed by atoms with Crippen LogP contribution in [0, 0.1) is 13.8 Å². The van der Waals surface area contributed by atoms with Gasteiger partial charge in [-0.05, 0) is 61.4 Å². The van der Waals surface area contributed by atoms with Crippen molar-refractivity contribution in [1.29, 1.82) is 0 Å². The summed E-state index contributed by atoms with van der Waals surface area (Å²) in [4.78, 5) is 12.2. The summed E-state index contributed by atoms with van der Waals surface area (Å²) >= 11 is 0. The number of methoxy groups -OCH3 is 1. The van der Waals surface area contributed by atoms with Crippen LogP contribution in [-0.4, -0.2) is 24.7 Å². The van der Waals surface area contributed by atoms with Gasteiger partial charge in [-0.3, -0.25) is 0 Å². The number of nitrogens with zero attached hydrogens (tertiary/aromatic N) is 2. The fourth-order valence-electron chi connectivity index (χ4n) is 3.36. The number of carbonyl (C=O) groups is 1. The first-order valence-corrected chi connectivity index (χ1v) is 8.59. The molecular formula is C21H24N4O2. The normalized spacial score (nSPS) is 10.7. The molecule has 4 N–H and O–H groups in total. The second kappa shape index (κ2) is 7.17. The minimum absolute atomic E-state index is 0.332. The molecule has 0 saturated carbocycles. The van der Waals surface area contributed by atoms with Crippen LogP contribution < -0.4 is 16.6 Å². The summed E-state index contributed by atoms with van der Waals surface area (Å²) in [5, 5.41) is 1.33. The molecule has 0 bridgehead atoms. The van der Waals surface area contributed by atoms with Crippen molar-refractivity contribution in [2.24, 2.45) is 5.84 Å². The van der Waals surface area contributed by atoms with E-state index in [1.54, 1.807) is 13.1 Å². The van der Waals surface area contributed by atoms with Gasteiger partial charge in [0.15, 0.2) is 0 Å². The second-order valence-electron chi connectivity index (χ2n) is 6.56. The Morgan fingerprint density at radius 2 is 1.59 bits per heavy atom. The topological polar surface area (TPSA) is 86.5 Å². The molecule has 0 saturated heterocycles. The Balaban J connectivity index is 2.06. The maximum absolute atomic E-state index is 12.2. The van der Waals surface area contributed by atoms with Gasteiger partial charge in [-0.1, -0.05) is 12.1 Å². The van der Waals surface area contributed by atoms with E-state index in [-0.39, 0.29) is 0 Å². The molecule has 6 heteroatoms. The standard InChI is InChI=1S/C21H24N4O2/c1-13-5-6-14(2)25(13)17-9-7-15(8-10-17)16-11-18(21(26)27-4)20(24(3)23)19(22)12-16/h5-12H,22-23H2,1-4H3. The van der Waals surface area contributed by atoms with Gasteiger partial charge < -0.3 is 20.0 Å². The van der Waals surface area contributed by atoms with Crippen molar-refractivity contribution in [2.45, 2.75) is 13.8 Å². The van der Waals surface area contributed by atoms with Gasteiger partial charge in [-0.15, -0.1) is 0 Å². The van der Waals surface area contributed by atoms with Crippen LogP contribution in [0.2, 0.25) is 0 Å². The molecule has 140 valence electrons. The summed E-state index contributed by atoms with van der Waals surface area (Å²) in [7, 11) is 2.97. The van der Waals surface area contributed by atoms with E-state index >= 15 is 0 Å². The third-order valence-corrected chi connectivity index (χ3v) is 4.63. The molecule has 0 aliphatic rings. The summed E-state index contributed by atoms with van der Waals surface area (Å²) < 4.78 is 7.07. The zero-order valence-corrected chi connectivity index (χ0v) is 16.0. The van der Waals surface area contributed by atoms with Crippen molar-refractivity contribution in [3.05, 3.63) is 65.5 Å². The maximum atomic E-state index is 12.2.